The van der Waals surface area contributed by atoms with Gasteiger partial charge in [0.15, 0.2) is 0 Å². The van der Waals surface area contributed by atoms with E-state index >= 15 is 0 Å². The first-order chi connectivity index (χ1) is 21.6. The molecule has 0 N–H and O–H groups in total. The van der Waals surface area contributed by atoms with Crippen molar-refractivity contribution in [1.82, 2.24) is 0 Å². The van der Waals surface area contributed by atoms with Gasteiger partial charge in [-0.05, 0) is 47.6 Å². The fourth-order valence-corrected chi connectivity index (χ4v) is 8.72. The molecule has 0 spiro atoms. The lowest BCUT2D eigenvalue weighted by Crippen LogP contribution is -2.72. The van der Waals surface area contributed by atoms with Crippen LogP contribution in [0.15, 0.2) is 60.7 Å². The molecule has 2 heterocycles. The van der Waals surface area contributed by atoms with E-state index in [2.05, 4.69) is 0 Å². The van der Waals surface area contributed by atoms with Crippen molar-refractivity contribution in [2.24, 2.45) is 10.8 Å². The third kappa shape index (κ3) is 3.97. The number of halogens is 1. The Morgan fingerprint density at radius 3 is 1.84 bits per heavy atom. The van der Waals surface area contributed by atoms with E-state index in [-0.39, 0.29) is 17.7 Å². The molecule has 0 radical (unpaired) electrons. The summed E-state index contributed by atoms with van der Waals surface area (Å²) in [6, 6.07) is 19.1. The summed E-state index contributed by atoms with van der Waals surface area (Å²) in [4.78, 5) is 55.8. The minimum Gasteiger partial charge on any atom is -0.426 e. The molecule has 2 bridgehead atoms. The molecule has 228 valence electrons. The fraction of sp³-hybridized carbons (Fsp3) is 0.333. The number of hydrogen-bond acceptors (Lipinski definition) is 6. The van der Waals surface area contributed by atoms with E-state index in [0.29, 0.717) is 56.2 Å². The Labute approximate surface area is 264 Å². The number of benzene rings is 4. The fourth-order valence-electron chi connectivity index (χ4n) is 8.47. The lowest BCUT2D eigenvalue weighted by atomic mass is 9.34. The van der Waals surface area contributed by atoms with Crippen LogP contribution in [0.4, 0.5) is 11.4 Å². The van der Waals surface area contributed by atoms with Crippen LogP contribution < -0.4 is 19.3 Å². The minimum atomic E-state index is -0.601. The number of carbonyl (C=O) groups is 4. The van der Waals surface area contributed by atoms with Crippen molar-refractivity contribution in [2.75, 3.05) is 28.8 Å². The Morgan fingerprint density at radius 2 is 1.27 bits per heavy atom. The number of alkyl halides is 1. The molecule has 0 aromatic heterocycles. The molecule has 0 saturated heterocycles. The molecule has 8 nitrogen and oxygen atoms in total. The predicted molar refractivity (Wildman–Crippen MR) is 171 cm³/mol. The van der Waals surface area contributed by atoms with Crippen molar-refractivity contribution in [2.45, 2.75) is 45.4 Å². The summed E-state index contributed by atoms with van der Waals surface area (Å²) in [5.41, 5.74) is 2.39. The van der Waals surface area contributed by atoms with E-state index in [1.165, 1.54) is 13.8 Å². The highest BCUT2D eigenvalue weighted by molar-refractivity contribution is 6.19. The zero-order chi connectivity index (χ0) is 31.2. The zero-order valence-electron chi connectivity index (χ0n) is 25.0. The molecule has 45 heavy (non-hydrogen) atoms. The molecular weight excluding hydrogens is 592 g/mol. The van der Waals surface area contributed by atoms with Crippen molar-refractivity contribution in [3.63, 3.8) is 0 Å². The molecule has 9 rings (SSSR count). The van der Waals surface area contributed by atoms with Crippen LogP contribution in [0, 0.1) is 10.8 Å². The highest BCUT2D eigenvalue weighted by Crippen LogP contribution is 2.75. The molecule has 4 aromatic rings. The van der Waals surface area contributed by atoms with Gasteiger partial charge in [0, 0.05) is 61.6 Å². The first-order valence-corrected chi connectivity index (χ1v) is 15.9. The van der Waals surface area contributed by atoms with Crippen molar-refractivity contribution in [3.05, 3.63) is 71.8 Å². The maximum atomic E-state index is 14.3. The molecule has 9 heteroatoms. The van der Waals surface area contributed by atoms with Crippen molar-refractivity contribution in [1.29, 1.82) is 0 Å². The topological polar surface area (TPSA) is 93.2 Å². The van der Waals surface area contributed by atoms with Gasteiger partial charge in [-0.2, -0.15) is 0 Å². The first kappa shape index (κ1) is 28.1. The predicted octanol–water partition coefficient (Wildman–Crippen LogP) is 6.27. The van der Waals surface area contributed by atoms with Gasteiger partial charge in [0.25, 0.3) is 0 Å². The Kier molecular flexibility index (Phi) is 6.10. The first-order valence-electron chi connectivity index (χ1n) is 15.3. The summed E-state index contributed by atoms with van der Waals surface area (Å²) in [6.45, 7) is 3.73. The summed E-state index contributed by atoms with van der Waals surface area (Å²) < 4.78 is 11.1. The van der Waals surface area contributed by atoms with E-state index in [4.69, 9.17) is 21.1 Å². The van der Waals surface area contributed by atoms with Gasteiger partial charge >= 0.3 is 11.9 Å². The molecule has 2 aliphatic heterocycles. The molecule has 4 aromatic carbocycles. The number of rotatable bonds is 5. The van der Waals surface area contributed by atoms with Gasteiger partial charge in [0.1, 0.15) is 11.5 Å². The molecule has 1 atom stereocenters. The van der Waals surface area contributed by atoms with Crippen LogP contribution in [0.2, 0.25) is 0 Å². The van der Waals surface area contributed by atoms with Gasteiger partial charge in [-0.15, -0.1) is 11.6 Å². The van der Waals surface area contributed by atoms with Crippen LogP contribution in [0.25, 0.3) is 21.5 Å². The van der Waals surface area contributed by atoms with Gasteiger partial charge in [0.2, 0.25) is 11.8 Å². The maximum Gasteiger partial charge on any atom is 0.308 e. The monoisotopic (exact) mass is 622 g/mol. The number of nitrogens with zero attached hydrogens (tertiary/aromatic N) is 2. The second-order valence-electron chi connectivity index (χ2n) is 13.0. The number of fused-ring (bicyclic) bond motifs is 6. The zero-order valence-corrected chi connectivity index (χ0v) is 25.8. The molecule has 3 fully saturated rings. The van der Waals surface area contributed by atoms with E-state index in [0.717, 1.165) is 44.0 Å². The van der Waals surface area contributed by atoms with Gasteiger partial charge in [-0.3, -0.25) is 19.2 Å². The van der Waals surface area contributed by atoms with Crippen LogP contribution in [0.3, 0.4) is 0 Å². The summed E-state index contributed by atoms with van der Waals surface area (Å²) in [5, 5.41) is 3.56. The minimum absolute atomic E-state index is 0.0000540. The highest BCUT2D eigenvalue weighted by Gasteiger charge is 2.76. The summed E-state index contributed by atoms with van der Waals surface area (Å²) in [6.07, 6.45) is 2.20. The summed E-state index contributed by atoms with van der Waals surface area (Å²) in [7, 11) is 0. The standard InChI is InChI=1S/C36H31ClN2O6/c1-20(40)44-30-13-28-24(23-7-3-4-8-25(23)30)11-12-38(28)33(42)35-17-36(18-35,19-35)34(43)39-16-22(15-37)32-27-10-6-5-9-26(27)31(14-29(32)39)45-21(2)41/h3-10,13-14,22H,11-12,15-19H2,1-2H3/t22-,35?,36?/m1/s1. The van der Waals surface area contributed by atoms with Crippen molar-refractivity contribution in [3.8, 4) is 11.5 Å². The molecular formula is C36H31ClN2O6. The number of anilines is 2. The number of esters is 2. The lowest BCUT2D eigenvalue weighted by Gasteiger charge is -2.69. The molecule has 2 amide bonds. The van der Waals surface area contributed by atoms with Crippen molar-refractivity contribution >= 4 is 68.3 Å². The van der Waals surface area contributed by atoms with Crippen LogP contribution in [-0.2, 0) is 25.6 Å². The Hall–Kier alpha value is -4.43. The highest BCUT2D eigenvalue weighted by atomic mass is 35.5. The average Bonchev–Trinajstić information content (AvgIpc) is 3.57. The normalized spacial score (nSPS) is 24.1. The van der Waals surface area contributed by atoms with Crippen LogP contribution in [0.5, 0.6) is 11.5 Å². The third-order valence-corrected chi connectivity index (χ3v) is 10.6. The second kappa shape index (κ2) is 9.78. The molecule has 3 aliphatic carbocycles. The van der Waals surface area contributed by atoms with Crippen LogP contribution in [0.1, 0.15) is 50.2 Å². The van der Waals surface area contributed by atoms with E-state index < -0.39 is 22.8 Å². The van der Waals surface area contributed by atoms with Gasteiger partial charge in [-0.25, -0.2) is 0 Å². The quantitative estimate of drug-likeness (QED) is 0.148. The second-order valence-corrected chi connectivity index (χ2v) is 13.3. The number of ether oxygens (including phenoxy) is 2. The number of carbonyl (C=O) groups excluding carboxylic acids is 4. The Bertz CT molecular complexity index is 1980. The lowest BCUT2D eigenvalue weighted by molar-refractivity contribution is -0.204. The van der Waals surface area contributed by atoms with Gasteiger partial charge in [-0.1, -0.05) is 48.5 Å². The summed E-state index contributed by atoms with van der Waals surface area (Å²) >= 11 is 6.45. The van der Waals surface area contributed by atoms with E-state index in [1.807, 2.05) is 59.5 Å². The average molecular weight is 623 g/mol. The Morgan fingerprint density at radius 1 is 0.756 bits per heavy atom. The largest absolute Gasteiger partial charge is 0.426 e. The summed E-state index contributed by atoms with van der Waals surface area (Å²) in [5.74, 6) is 0.341. The van der Waals surface area contributed by atoms with Crippen molar-refractivity contribution < 1.29 is 28.7 Å². The smallest absolute Gasteiger partial charge is 0.308 e. The van der Waals surface area contributed by atoms with E-state index in [9.17, 15) is 19.2 Å². The third-order valence-electron chi connectivity index (χ3n) is 10.2. The Balaban J connectivity index is 1.08. The molecule has 0 unspecified atom stereocenters. The molecule has 3 saturated carbocycles. The van der Waals surface area contributed by atoms with Crippen LogP contribution >= 0.6 is 11.6 Å². The van der Waals surface area contributed by atoms with Crippen LogP contribution in [-0.4, -0.2) is 42.7 Å². The number of amides is 2. The number of hydrogen-bond donors (Lipinski definition) is 0. The maximum absolute atomic E-state index is 14.3. The van der Waals surface area contributed by atoms with Gasteiger partial charge in [0.05, 0.1) is 22.2 Å². The SMILES string of the molecule is CC(=O)Oc1cc2c(c3ccccc13)CCN2C(=O)C12CC(C(=O)N3C[C@@H](CCl)c4c3cc(OC(C)=O)c3ccccc43)(C1)C2. The van der Waals surface area contributed by atoms with Gasteiger partial charge < -0.3 is 19.3 Å². The molecule has 5 aliphatic rings. The van der Waals surface area contributed by atoms with E-state index in [1.54, 1.807) is 11.0 Å².